The zero-order chi connectivity index (χ0) is 20.1. The van der Waals surface area contributed by atoms with Gasteiger partial charge in [0.25, 0.3) is 5.69 Å². The molecule has 27 heavy (non-hydrogen) atoms. The van der Waals surface area contributed by atoms with Crippen molar-refractivity contribution in [1.82, 2.24) is 4.90 Å². The van der Waals surface area contributed by atoms with Gasteiger partial charge >= 0.3 is 0 Å². The van der Waals surface area contributed by atoms with Crippen molar-refractivity contribution in [2.75, 3.05) is 11.9 Å². The van der Waals surface area contributed by atoms with Gasteiger partial charge in [-0.15, -0.1) is 0 Å². The third-order valence-electron chi connectivity index (χ3n) is 6.24. The number of fused-ring (bicyclic) bond motifs is 2. The number of nitro groups is 1. The Bertz CT molecular complexity index is 869. The Morgan fingerprint density at radius 1 is 1.37 bits per heavy atom. The smallest absolute Gasteiger partial charge is 0.289 e. The van der Waals surface area contributed by atoms with Crippen LogP contribution in [-0.4, -0.2) is 34.1 Å². The highest BCUT2D eigenvalue weighted by molar-refractivity contribution is 6.32. The zero-order valence-corrected chi connectivity index (χ0v) is 16.0. The molecule has 1 aliphatic carbocycles. The first-order chi connectivity index (χ1) is 12.5. The number of imide groups is 1. The summed E-state index contributed by atoms with van der Waals surface area (Å²) in [6.45, 7) is 5.26. The number of hydrogen-bond donors (Lipinski definition) is 1. The normalized spacial score (nSPS) is 26.2. The molecule has 2 fully saturated rings. The lowest BCUT2D eigenvalue weighted by atomic mass is 9.62. The maximum atomic E-state index is 12.9. The molecule has 3 rings (SSSR count). The minimum absolute atomic E-state index is 0.0499. The van der Waals surface area contributed by atoms with Crippen molar-refractivity contribution in [2.24, 2.45) is 16.7 Å². The van der Waals surface area contributed by atoms with Crippen LogP contribution in [-0.2, 0) is 14.4 Å². The Balaban J connectivity index is 1.77. The van der Waals surface area contributed by atoms with Crippen LogP contribution in [0.15, 0.2) is 18.2 Å². The molecule has 2 atom stereocenters. The predicted molar refractivity (Wildman–Crippen MR) is 98.1 cm³/mol. The van der Waals surface area contributed by atoms with E-state index in [-0.39, 0.29) is 34.1 Å². The number of anilines is 1. The summed E-state index contributed by atoms with van der Waals surface area (Å²) in [4.78, 5) is 49.4. The van der Waals surface area contributed by atoms with Crippen LogP contribution in [0.2, 0.25) is 5.02 Å². The summed E-state index contributed by atoms with van der Waals surface area (Å²) in [6.07, 6.45) is 1.23. The van der Waals surface area contributed by atoms with E-state index in [1.807, 2.05) is 20.8 Å². The molecule has 9 heteroatoms. The van der Waals surface area contributed by atoms with Gasteiger partial charge in [-0.25, -0.2) is 0 Å². The second kappa shape index (κ2) is 6.30. The molecule has 1 aromatic rings. The van der Waals surface area contributed by atoms with E-state index >= 15 is 0 Å². The molecule has 1 heterocycles. The molecule has 2 bridgehead atoms. The highest BCUT2D eigenvalue weighted by Gasteiger charge is 2.64. The summed E-state index contributed by atoms with van der Waals surface area (Å²) >= 11 is 5.75. The minimum atomic E-state index is -0.690. The molecule has 1 aromatic carbocycles. The highest BCUT2D eigenvalue weighted by Crippen LogP contribution is 2.59. The van der Waals surface area contributed by atoms with Crippen LogP contribution in [0.3, 0.4) is 0 Å². The first-order valence-electron chi connectivity index (χ1n) is 8.58. The van der Waals surface area contributed by atoms with E-state index in [0.717, 1.165) is 11.0 Å². The number of halogens is 1. The molecular formula is C18H20ClN3O5. The van der Waals surface area contributed by atoms with Crippen LogP contribution >= 0.6 is 11.6 Å². The average Bonchev–Trinajstić information content (AvgIpc) is 2.77. The molecule has 1 saturated heterocycles. The first-order valence-corrected chi connectivity index (χ1v) is 8.96. The molecule has 1 N–H and O–H groups in total. The highest BCUT2D eigenvalue weighted by atomic mass is 35.5. The van der Waals surface area contributed by atoms with Gasteiger partial charge in [-0.1, -0.05) is 32.4 Å². The summed E-state index contributed by atoms with van der Waals surface area (Å²) in [5.41, 5.74) is -1.31. The van der Waals surface area contributed by atoms with Gasteiger partial charge in [0.15, 0.2) is 0 Å². The van der Waals surface area contributed by atoms with E-state index < -0.39 is 28.2 Å². The lowest BCUT2D eigenvalue weighted by Crippen LogP contribution is -2.60. The third kappa shape index (κ3) is 2.88. The number of nitrogens with one attached hydrogen (secondary N) is 1. The number of carbonyl (C=O) groups is 3. The first kappa shape index (κ1) is 19.3. The lowest BCUT2D eigenvalue weighted by Gasteiger charge is -2.47. The number of carbonyl (C=O) groups excluding carboxylic acids is 3. The van der Waals surface area contributed by atoms with E-state index in [4.69, 9.17) is 11.6 Å². The fraction of sp³-hybridized carbons (Fsp3) is 0.500. The summed E-state index contributed by atoms with van der Waals surface area (Å²) in [5.74, 6) is -1.58. The Kier molecular flexibility index (Phi) is 4.50. The van der Waals surface area contributed by atoms with E-state index in [0.29, 0.717) is 12.8 Å². The molecule has 1 saturated carbocycles. The molecule has 0 aromatic heterocycles. The summed E-state index contributed by atoms with van der Waals surface area (Å²) in [5, 5.41) is 13.4. The predicted octanol–water partition coefficient (Wildman–Crippen LogP) is 3.00. The Labute approximate surface area is 161 Å². The minimum Gasteiger partial charge on any atom is -0.324 e. The van der Waals surface area contributed by atoms with E-state index in [2.05, 4.69) is 5.32 Å². The molecule has 1 aliphatic heterocycles. The zero-order valence-electron chi connectivity index (χ0n) is 15.2. The fourth-order valence-corrected chi connectivity index (χ4v) is 4.31. The number of hydrogen-bond acceptors (Lipinski definition) is 5. The Morgan fingerprint density at radius 2 is 2.04 bits per heavy atom. The molecule has 144 valence electrons. The van der Waals surface area contributed by atoms with Crippen molar-refractivity contribution >= 4 is 40.7 Å². The number of benzene rings is 1. The SMILES string of the molecule is CC12CCC(C(=O)N(CC(=O)Nc3ccc(Cl)c([N+](=O)[O-])c3)C1=O)C2(C)C. The monoisotopic (exact) mass is 393 g/mol. The van der Waals surface area contributed by atoms with E-state index in [9.17, 15) is 24.5 Å². The van der Waals surface area contributed by atoms with Crippen LogP contribution in [0.1, 0.15) is 33.6 Å². The van der Waals surface area contributed by atoms with Gasteiger partial charge in [0.05, 0.1) is 10.3 Å². The Hall–Kier alpha value is -2.48. The van der Waals surface area contributed by atoms with Gasteiger partial charge in [0.2, 0.25) is 17.7 Å². The van der Waals surface area contributed by atoms with Crippen molar-refractivity contribution in [2.45, 2.75) is 33.6 Å². The molecular weight excluding hydrogens is 374 g/mol. The maximum absolute atomic E-state index is 12.9. The summed E-state index contributed by atoms with van der Waals surface area (Å²) < 4.78 is 0. The van der Waals surface area contributed by atoms with E-state index in [1.165, 1.54) is 12.1 Å². The van der Waals surface area contributed by atoms with Crippen LogP contribution in [0.5, 0.6) is 0 Å². The van der Waals surface area contributed by atoms with Crippen molar-refractivity contribution in [1.29, 1.82) is 0 Å². The number of rotatable bonds is 4. The van der Waals surface area contributed by atoms with E-state index in [1.54, 1.807) is 0 Å². The largest absolute Gasteiger partial charge is 0.324 e. The fourth-order valence-electron chi connectivity index (χ4n) is 4.13. The number of nitro benzene ring substituents is 1. The number of amides is 3. The number of nitrogens with zero attached hydrogens (tertiary/aromatic N) is 2. The van der Waals surface area contributed by atoms with Crippen molar-refractivity contribution in [3.8, 4) is 0 Å². The summed E-state index contributed by atoms with van der Waals surface area (Å²) in [6, 6.07) is 3.85. The van der Waals surface area contributed by atoms with Crippen molar-refractivity contribution < 1.29 is 19.3 Å². The van der Waals surface area contributed by atoms with Gasteiger partial charge in [0, 0.05) is 17.7 Å². The van der Waals surface area contributed by atoms with Gasteiger partial charge in [0.1, 0.15) is 11.6 Å². The molecule has 3 amide bonds. The molecule has 2 aliphatic rings. The van der Waals surface area contributed by atoms with Gasteiger partial charge in [-0.2, -0.15) is 0 Å². The maximum Gasteiger partial charge on any atom is 0.289 e. The topological polar surface area (TPSA) is 110 Å². The van der Waals surface area contributed by atoms with Crippen molar-refractivity contribution in [3.05, 3.63) is 33.3 Å². The summed E-state index contributed by atoms with van der Waals surface area (Å²) in [7, 11) is 0. The number of piperidine rings is 1. The van der Waals surface area contributed by atoms with Gasteiger partial charge in [-0.05, 0) is 30.4 Å². The van der Waals surface area contributed by atoms with Crippen molar-refractivity contribution in [3.63, 3.8) is 0 Å². The Morgan fingerprint density at radius 3 is 2.67 bits per heavy atom. The standard InChI is InChI=1S/C18H20ClN3O5/c1-17(2)11-6-7-18(17,3)16(25)21(15(11)24)9-14(23)20-10-4-5-12(19)13(8-10)22(26)27/h4-5,8,11H,6-7,9H2,1-3H3,(H,20,23). The molecule has 0 radical (unpaired) electrons. The van der Waals surface area contributed by atoms with Gasteiger partial charge < -0.3 is 5.32 Å². The van der Waals surface area contributed by atoms with Crippen LogP contribution in [0.25, 0.3) is 0 Å². The second-order valence-electron chi connectivity index (χ2n) is 7.85. The quantitative estimate of drug-likeness (QED) is 0.480. The van der Waals surface area contributed by atoms with Gasteiger partial charge in [-0.3, -0.25) is 29.4 Å². The molecule has 2 unspecified atom stereocenters. The van der Waals surface area contributed by atoms with Crippen LogP contribution in [0, 0.1) is 26.9 Å². The average molecular weight is 394 g/mol. The molecule has 8 nitrogen and oxygen atoms in total. The number of likely N-dealkylation sites (tertiary alicyclic amines) is 1. The second-order valence-corrected chi connectivity index (χ2v) is 8.25. The van der Waals surface area contributed by atoms with Crippen LogP contribution < -0.4 is 5.32 Å². The molecule has 0 spiro atoms. The third-order valence-corrected chi connectivity index (χ3v) is 6.56. The lowest BCUT2D eigenvalue weighted by molar-refractivity contribution is -0.384. The van der Waals surface area contributed by atoms with Crippen LogP contribution in [0.4, 0.5) is 11.4 Å².